The summed E-state index contributed by atoms with van der Waals surface area (Å²) in [7, 11) is 3.40. The molecule has 0 fully saturated rings. The van der Waals surface area contributed by atoms with E-state index in [0.29, 0.717) is 10.2 Å². The molecule has 0 amide bonds. The predicted octanol–water partition coefficient (Wildman–Crippen LogP) is 4.78. The molecule has 0 N–H and O–H groups in total. The van der Waals surface area contributed by atoms with Crippen LogP contribution in [0.1, 0.15) is 22.6 Å². The van der Waals surface area contributed by atoms with Crippen LogP contribution in [0.2, 0.25) is 0 Å². The zero-order valence-electron chi connectivity index (χ0n) is 10.4. The smallest absolute Gasteiger partial charge is 0.274 e. The Morgan fingerprint density at radius 3 is 1.55 bits per heavy atom. The first kappa shape index (κ1) is 17.9. The summed E-state index contributed by atoms with van der Waals surface area (Å²) in [6.45, 7) is 0. The van der Waals surface area contributed by atoms with E-state index >= 15 is 0 Å². The number of aromatic nitrogens is 4. The standard InChI is InChI=1S/C5H5BrCl2N2.C5H5BrF2N2/c2*1-10-2-3(6)4(9-10)5(7)8/h2*2,5H,1H3. The van der Waals surface area contributed by atoms with Gasteiger partial charge in [0.05, 0.1) is 8.95 Å². The highest BCUT2D eigenvalue weighted by Gasteiger charge is 2.14. The quantitative estimate of drug-likeness (QED) is 0.612. The van der Waals surface area contributed by atoms with Gasteiger partial charge in [0, 0.05) is 26.5 Å². The zero-order valence-corrected chi connectivity index (χ0v) is 15.0. The topological polar surface area (TPSA) is 35.6 Å². The van der Waals surface area contributed by atoms with E-state index < -0.39 is 11.3 Å². The van der Waals surface area contributed by atoms with Gasteiger partial charge in [-0.15, -0.1) is 0 Å². The van der Waals surface area contributed by atoms with Crippen molar-refractivity contribution >= 4 is 55.1 Å². The number of hydrogen-bond acceptors (Lipinski definition) is 2. The summed E-state index contributed by atoms with van der Waals surface area (Å²) in [5, 5.41) is 7.55. The molecule has 0 aliphatic carbocycles. The van der Waals surface area contributed by atoms with Crippen molar-refractivity contribution in [2.24, 2.45) is 14.1 Å². The fourth-order valence-electron chi connectivity index (χ4n) is 1.25. The molecule has 0 radical (unpaired) electrons. The molecule has 0 atom stereocenters. The highest BCUT2D eigenvalue weighted by molar-refractivity contribution is 9.10. The maximum Gasteiger partial charge on any atom is 0.283 e. The fourth-order valence-corrected chi connectivity index (χ4v) is 2.99. The molecule has 0 aromatic carbocycles. The summed E-state index contributed by atoms with van der Waals surface area (Å²) in [4.78, 5) is -0.560. The van der Waals surface area contributed by atoms with Crippen molar-refractivity contribution in [1.29, 1.82) is 0 Å². The van der Waals surface area contributed by atoms with Crippen LogP contribution in [0.3, 0.4) is 0 Å². The molecule has 4 nitrogen and oxygen atoms in total. The van der Waals surface area contributed by atoms with E-state index in [-0.39, 0.29) is 5.69 Å². The van der Waals surface area contributed by atoms with Crippen molar-refractivity contribution in [2.45, 2.75) is 11.3 Å². The van der Waals surface area contributed by atoms with Crippen LogP contribution < -0.4 is 0 Å². The van der Waals surface area contributed by atoms with Crippen LogP contribution in [0.5, 0.6) is 0 Å². The average Bonchev–Trinajstić information content (AvgIpc) is 2.82. The van der Waals surface area contributed by atoms with Crippen molar-refractivity contribution < 1.29 is 8.78 Å². The van der Waals surface area contributed by atoms with Gasteiger partial charge < -0.3 is 0 Å². The van der Waals surface area contributed by atoms with E-state index in [1.165, 1.54) is 10.9 Å². The third-order valence-electron chi connectivity index (χ3n) is 2.03. The van der Waals surface area contributed by atoms with Crippen LogP contribution in [0, 0.1) is 0 Å². The lowest BCUT2D eigenvalue weighted by Crippen LogP contribution is -1.90. The molecule has 0 saturated carbocycles. The van der Waals surface area contributed by atoms with Crippen molar-refractivity contribution in [3.8, 4) is 0 Å². The Labute approximate surface area is 141 Å². The number of hydrogen-bond donors (Lipinski definition) is 0. The SMILES string of the molecule is Cn1cc(Br)c(C(Cl)Cl)n1.Cn1cc(Br)c(C(F)F)n1. The summed E-state index contributed by atoms with van der Waals surface area (Å²) in [5.74, 6) is 0. The first-order chi connectivity index (χ1) is 9.22. The second-order valence-corrected chi connectivity index (χ2v) is 6.48. The van der Waals surface area contributed by atoms with Crippen LogP contribution in [0.25, 0.3) is 0 Å². The van der Waals surface area contributed by atoms with Gasteiger partial charge in [-0.1, -0.05) is 23.2 Å². The Kier molecular flexibility index (Phi) is 6.90. The van der Waals surface area contributed by atoms with Gasteiger partial charge in [0.1, 0.15) is 11.4 Å². The maximum atomic E-state index is 11.9. The van der Waals surface area contributed by atoms with Gasteiger partial charge in [0.2, 0.25) is 0 Å². The molecule has 112 valence electrons. The lowest BCUT2D eigenvalue weighted by Gasteiger charge is -1.93. The third kappa shape index (κ3) is 4.98. The second kappa shape index (κ2) is 7.72. The minimum absolute atomic E-state index is 0.206. The molecule has 2 aromatic rings. The summed E-state index contributed by atoms with van der Waals surface area (Å²) >= 11 is 17.4. The van der Waals surface area contributed by atoms with Gasteiger partial charge >= 0.3 is 0 Å². The van der Waals surface area contributed by atoms with Gasteiger partial charge in [-0.2, -0.15) is 10.2 Å². The number of alkyl halides is 4. The van der Waals surface area contributed by atoms with E-state index in [2.05, 4.69) is 42.1 Å². The van der Waals surface area contributed by atoms with Crippen molar-refractivity contribution in [1.82, 2.24) is 19.6 Å². The van der Waals surface area contributed by atoms with Crippen LogP contribution in [-0.2, 0) is 14.1 Å². The average molecular weight is 455 g/mol. The summed E-state index contributed by atoms with van der Waals surface area (Å²) < 4.78 is 28.0. The van der Waals surface area contributed by atoms with Crippen LogP contribution >= 0.6 is 55.1 Å². The fraction of sp³-hybridized carbons (Fsp3) is 0.400. The van der Waals surface area contributed by atoms with Crippen molar-refractivity contribution in [3.63, 3.8) is 0 Å². The summed E-state index contributed by atoms with van der Waals surface area (Å²) in [5.41, 5.74) is 0.452. The number of halogens is 6. The molecule has 0 unspecified atom stereocenters. The van der Waals surface area contributed by atoms with E-state index in [1.807, 2.05) is 7.05 Å². The molecule has 0 aliphatic heterocycles. The molecule has 2 heterocycles. The molecule has 0 aliphatic rings. The summed E-state index contributed by atoms with van der Waals surface area (Å²) in [6, 6.07) is 0. The van der Waals surface area contributed by atoms with Crippen molar-refractivity contribution in [2.75, 3.05) is 0 Å². The van der Waals surface area contributed by atoms with Gasteiger partial charge in [-0.25, -0.2) is 8.78 Å². The van der Waals surface area contributed by atoms with Crippen LogP contribution in [0.15, 0.2) is 21.3 Å². The first-order valence-corrected chi connectivity index (χ1v) is 7.62. The molecular formula is C10H10Br2Cl2F2N4. The molecular weight excluding hydrogens is 445 g/mol. The lowest BCUT2D eigenvalue weighted by molar-refractivity contribution is 0.144. The Morgan fingerprint density at radius 1 is 1.00 bits per heavy atom. The minimum atomic E-state index is -2.50. The van der Waals surface area contributed by atoms with Crippen LogP contribution in [-0.4, -0.2) is 19.6 Å². The Bertz CT molecular complexity index is 521. The molecule has 20 heavy (non-hydrogen) atoms. The third-order valence-corrected chi connectivity index (χ3v) is 3.67. The number of aryl methyl sites for hydroxylation is 2. The zero-order chi connectivity index (χ0) is 15.4. The molecule has 2 rings (SSSR count). The monoisotopic (exact) mass is 452 g/mol. The minimum Gasteiger partial charge on any atom is -0.274 e. The molecule has 2 aromatic heterocycles. The largest absolute Gasteiger partial charge is 0.283 e. The summed E-state index contributed by atoms with van der Waals surface area (Å²) in [6.07, 6.45) is 0.782. The molecule has 10 heteroatoms. The first-order valence-electron chi connectivity index (χ1n) is 5.16. The van der Waals surface area contributed by atoms with Gasteiger partial charge in [0.15, 0.2) is 4.84 Å². The van der Waals surface area contributed by atoms with Gasteiger partial charge in [-0.3, -0.25) is 9.36 Å². The Hall–Kier alpha value is -0.180. The van der Waals surface area contributed by atoms with E-state index in [0.717, 1.165) is 4.47 Å². The second-order valence-electron chi connectivity index (χ2n) is 3.67. The van der Waals surface area contributed by atoms with Gasteiger partial charge in [0.25, 0.3) is 6.43 Å². The highest BCUT2D eigenvalue weighted by Crippen LogP contribution is 2.29. The van der Waals surface area contributed by atoms with E-state index in [4.69, 9.17) is 23.2 Å². The maximum absolute atomic E-state index is 11.9. The lowest BCUT2D eigenvalue weighted by atomic mass is 10.5. The Morgan fingerprint density at radius 2 is 1.40 bits per heavy atom. The normalized spacial score (nSPS) is 10.9. The Balaban J connectivity index is 0.000000200. The van der Waals surface area contributed by atoms with Crippen LogP contribution in [0.4, 0.5) is 8.78 Å². The van der Waals surface area contributed by atoms with E-state index in [9.17, 15) is 8.78 Å². The molecule has 0 bridgehead atoms. The number of rotatable bonds is 2. The van der Waals surface area contributed by atoms with E-state index in [1.54, 1.807) is 17.9 Å². The highest BCUT2D eigenvalue weighted by atomic mass is 79.9. The van der Waals surface area contributed by atoms with Gasteiger partial charge in [-0.05, 0) is 31.9 Å². The predicted molar refractivity (Wildman–Crippen MR) is 81.2 cm³/mol. The molecule has 0 spiro atoms. The molecule has 0 saturated heterocycles. The number of nitrogens with zero attached hydrogens (tertiary/aromatic N) is 4. The van der Waals surface area contributed by atoms with Crippen molar-refractivity contribution in [3.05, 3.63) is 32.7 Å².